The summed E-state index contributed by atoms with van der Waals surface area (Å²) in [7, 11) is 0.474. The van der Waals surface area contributed by atoms with Crippen LogP contribution in [-0.2, 0) is 4.43 Å². The SMILES string of the molecule is CO[Si](C)(C)SCCCS. The zero-order chi connectivity index (χ0) is 8.04. The lowest BCUT2D eigenvalue weighted by Gasteiger charge is -2.18. The van der Waals surface area contributed by atoms with Crippen molar-refractivity contribution in [3.63, 3.8) is 0 Å². The van der Waals surface area contributed by atoms with E-state index in [1.165, 1.54) is 12.2 Å². The minimum Gasteiger partial charge on any atom is -0.410 e. The summed E-state index contributed by atoms with van der Waals surface area (Å²) in [5, 5.41) is 0. The Bertz CT molecular complexity index is 87.8. The molecule has 0 saturated heterocycles. The fourth-order valence-corrected chi connectivity index (χ4v) is 3.97. The molecule has 0 rings (SSSR count). The normalized spacial score (nSPS) is 12.0. The Balaban J connectivity index is 3.28. The van der Waals surface area contributed by atoms with Gasteiger partial charge in [-0.1, -0.05) is 0 Å². The molecule has 0 bridgehead atoms. The Hall–Kier alpha value is 0.877. The van der Waals surface area contributed by atoms with E-state index in [0.29, 0.717) is 0 Å². The van der Waals surface area contributed by atoms with E-state index in [-0.39, 0.29) is 0 Å². The van der Waals surface area contributed by atoms with Crippen LogP contribution in [0.2, 0.25) is 13.1 Å². The Morgan fingerprint density at radius 2 is 2.10 bits per heavy atom. The number of hydrogen-bond donors (Lipinski definition) is 1. The summed E-state index contributed by atoms with van der Waals surface area (Å²) < 4.78 is 5.36. The number of thiol groups is 1. The topological polar surface area (TPSA) is 9.23 Å². The minimum absolute atomic E-state index is 0.987. The van der Waals surface area contributed by atoms with Crippen LogP contribution in [0.25, 0.3) is 0 Å². The smallest absolute Gasteiger partial charge is 0.247 e. The third-order valence-corrected chi connectivity index (χ3v) is 6.93. The van der Waals surface area contributed by atoms with Gasteiger partial charge in [0.2, 0.25) is 7.47 Å². The van der Waals surface area contributed by atoms with Gasteiger partial charge in [0.25, 0.3) is 0 Å². The Kier molecular flexibility index (Phi) is 6.00. The van der Waals surface area contributed by atoms with Gasteiger partial charge < -0.3 is 4.43 Å². The van der Waals surface area contributed by atoms with E-state index in [1.807, 2.05) is 11.2 Å². The summed E-state index contributed by atoms with van der Waals surface area (Å²) >= 11 is 6.11. The van der Waals surface area contributed by atoms with Gasteiger partial charge in [-0.25, -0.2) is 0 Å². The number of hydrogen-bond acceptors (Lipinski definition) is 3. The summed E-state index contributed by atoms with van der Waals surface area (Å²) in [6.45, 7) is 4.44. The molecule has 0 aliphatic rings. The first-order valence-electron chi connectivity index (χ1n) is 3.42. The van der Waals surface area contributed by atoms with E-state index >= 15 is 0 Å². The highest BCUT2D eigenvalue weighted by atomic mass is 32.4. The second kappa shape index (κ2) is 5.52. The standard InChI is InChI=1S/C6H16OS2Si/c1-7-10(2,3)9-6-4-5-8/h8H,4-6H2,1-3H3. The van der Waals surface area contributed by atoms with E-state index in [4.69, 9.17) is 4.43 Å². The molecule has 1 nitrogen and oxygen atoms in total. The molecule has 0 amide bonds. The van der Waals surface area contributed by atoms with Gasteiger partial charge in [0, 0.05) is 7.11 Å². The van der Waals surface area contributed by atoms with E-state index in [0.717, 1.165) is 5.75 Å². The second-order valence-electron chi connectivity index (χ2n) is 2.53. The molecule has 0 fully saturated rings. The first-order valence-corrected chi connectivity index (χ1v) is 8.67. The van der Waals surface area contributed by atoms with Crippen molar-refractivity contribution in [1.82, 2.24) is 0 Å². The molecule has 0 N–H and O–H groups in total. The van der Waals surface area contributed by atoms with Crippen LogP contribution in [0.4, 0.5) is 0 Å². The van der Waals surface area contributed by atoms with Crippen LogP contribution < -0.4 is 0 Å². The Morgan fingerprint density at radius 3 is 2.50 bits per heavy atom. The highest BCUT2D eigenvalue weighted by molar-refractivity contribution is 8.27. The molecule has 0 heterocycles. The van der Waals surface area contributed by atoms with E-state index < -0.39 is 7.47 Å². The van der Waals surface area contributed by atoms with Gasteiger partial charge in [0.05, 0.1) is 0 Å². The largest absolute Gasteiger partial charge is 0.410 e. The van der Waals surface area contributed by atoms with Crippen molar-refractivity contribution in [2.24, 2.45) is 0 Å². The van der Waals surface area contributed by atoms with Crippen molar-refractivity contribution in [3.8, 4) is 0 Å². The second-order valence-corrected chi connectivity index (χ2v) is 10.7. The molecule has 0 saturated carbocycles. The Labute approximate surface area is 74.1 Å². The quantitative estimate of drug-likeness (QED) is 0.411. The van der Waals surface area contributed by atoms with Gasteiger partial charge in [-0.3, -0.25) is 0 Å². The summed E-state index contributed by atoms with van der Waals surface area (Å²) in [5.41, 5.74) is 0. The van der Waals surface area contributed by atoms with Crippen molar-refractivity contribution < 1.29 is 4.43 Å². The highest BCUT2D eigenvalue weighted by Gasteiger charge is 2.20. The molecule has 0 spiro atoms. The van der Waals surface area contributed by atoms with Crippen LogP contribution >= 0.6 is 23.8 Å². The van der Waals surface area contributed by atoms with E-state index in [2.05, 4.69) is 25.7 Å². The molecule has 62 valence electrons. The summed E-state index contributed by atoms with van der Waals surface area (Å²) in [6.07, 6.45) is 1.19. The van der Waals surface area contributed by atoms with E-state index in [1.54, 1.807) is 7.11 Å². The predicted molar refractivity (Wildman–Crippen MR) is 55.4 cm³/mol. The third kappa shape index (κ3) is 5.65. The molecule has 10 heavy (non-hydrogen) atoms. The summed E-state index contributed by atoms with van der Waals surface area (Å²) in [5.74, 6) is 2.18. The van der Waals surface area contributed by atoms with Crippen molar-refractivity contribution in [1.29, 1.82) is 0 Å². The average Bonchev–Trinajstić information content (AvgIpc) is 1.89. The maximum absolute atomic E-state index is 5.36. The van der Waals surface area contributed by atoms with Gasteiger partial charge in [-0.15, -0.1) is 0 Å². The van der Waals surface area contributed by atoms with Crippen LogP contribution in [0, 0.1) is 0 Å². The molecule has 0 aliphatic heterocycles. The van der Waals surface area contributed by atoms with E-state index in [9.17, 15) is 0 Å². The van der Waals surface area contributed by atoms with Crippen molar-refractivity contribution in [2.45, 2.75) is 19.5 Å². The fourth-order valence-electron chi connectivity index (χ4n) is 0.441. The lowest BCUT2D eigenvalue weighted by Crippen LogP contribution is -2.24. The molecular weight excluding hydrogens is 180 g/mol. The van der Waals surface area contributed by atoms with Gasteiger partial charge in [-0.2, -0.15) is 23.8 Å². The molecule has 0 radical (unpaired) electrons. The zero-order valence-electron chi connectivity index (χ0n) is 6.89. The summed E-state index contributed by atoms with van der Waals surface area (Å²) in [6, 6.07) is 0. The van der Waals surface area contributed by atoms with Crippen molar-refractivity contribution >= 4 is 31.3 Å². The Morgan fingerprint density at radius 1 is 1.50 bits per heavy atom. The lowest BCUT2D eigenvalue weighted by atomic mass is 10.6. The third-order valence-electron chi connectivity index (χ3n) is 1.24. The molecule has 4 heteroatoms. The van der Waals surface area contributed by atoms with Gasteiger partial charge >= 0.3 is 0 Å². The van der Waals surface area contributed by atoms with Crippen LogP contribution in [0.3, 0.4) is 0 Å². The molecule has 0 aromatic carbocycles. The van der Waals surface area contributed by atoms with Gasteiger partial charge in [0.1, 0.15) is 0 Å². The van der Waals surface area contributed by atoms with Gasteiger partial charge in [0.15, 0.2) is 0 Å². The maximum Gasteiger partial charge on any atom is 0.247 e. The van der Waals surface area contributed by atoms with Crippen LogP contribution in [0.15, 0.2) is 0 Å². The first-order chi connectivity index (χ1) is 4.62. The molecule has 0 aromatic heterocycles. The average molecular weight is 196 g/mol. The van der Waals surface area contributed by atoms with Crippen molar-refractivity contribution in [3.05, 3.63) is 0 Å². The van der Waals surface area contributed by atoms with Crippen LogP contribution in [0.5, 0.6) is 0 Å². The lowest BCUT2D eigenvalue weighted by molar-refractivity contribution is 0.424. The van der Waals surface area contributed by atoms with Crippen LogP contribution in [0.1, 0.15) is 6.42 Å². The number of rotatable bonds is 5. The fraction of sp³-hybridized carbons (Fsp3) is 1.00. The van der Waals surface area contributed by atoms with Crippen molar-refractivity contribution in [2.75, 3.05) is 18.6 Å². The summed E-state index contributed by atoms with van der Waals surface area (Å²) in [4.78, 5) is 0. The van der Waals surface area contributed by atoms with Gasteiger partial charge in [-0.05, 0) is 31.0 Å². The highest BCUT2D eigenvalue weighted by Crippen LogP contribution is 2.20. The predicted octanol–water partition coefficient (Wildman–Crippen LogP) is 2.39. The molecular formula is C6H16OS2Si. The molecule has 0 unspecified atom stereocenters. The van der Waals surface area contributed by atoms with Crippen LogP contribution in [-0.4, -0.2) is 26.1 Å². The minimum atomic E-state index is -1.33. The first kappa shape index (κ1) is 10.9. The molecule has 0 aliphatic carbocycles. The molecule has 0 atom stereocenters. The molecule has 0 aromatic rings. The maximum atomic E-state index is 5.36. The monoisotopic (exact) mass is 196 g/mol. The zero-order valence-corrected chi connectivity index (χ0v) is 9.60.